The average molecular weight is 536 g/mol. The van der Waals surface area contributed by atoms with Crippen LogP contribution < -0.4 is 10.6 Å². The van der Waals surface area contributed by atoms with Crippen LogP contribution in [0, 0.1) is 5.92 Å². The third-order valence-electron chi connectivity index (χ3n) is 6.44. The molecule has 1 heterocycles. The first kappa shape index (κ1) is 24.4. The zero-order valence-corrected chi connectivity index (χ0v) is 22.1. The monoisotopic (exact) mass is 535 g/mol. The van der Waals surface area contributed by atoms with Gasteiger partial charge in [0, 0.05) is 27.4 Å². The largest absolute Gasteiger partial charge is 0.326 e. The molecule has 1 fully saturated rings. The lowest BCUT2D eigenvalue weighted by Gasteiger charge is -2.16. The van der Waals surface area contributed by atoms with Gasteiger partial charge in [0.15, 0.2) is 5.13 Å². The van der Waals surface area contributed by atoms with Crippen molar-refractivity contribution in [3.8, 4) is 11.3 Å². The van der Waals surface area contributed by atoms with Gasteiger partial charge in [-0.15, -0.1) is 23.1 Å². The zero-order valence-electron chi connectivity index (χ0n) is 20.5. The van der Waals surface area contributed by atoms with Gasteiger partial charge >= 0.3 is 0 Å². The summed E-state index contributed by atoms with van der Waals surface area (Å²) in [5.74, 6) is 0.105. The van der Waals surface area contributed by atoms with Gasteiger partial charge in [-0.2, -0.15) is 0 Å². The summed E-state index contributed by atoms with van der Waals surface area (Å²) in [6, 6.07) is 31.9. The second kappa shape index (κ2) is 10.8. The normalized spacial score (nSPS) is 13.7. The molecule has 1 atom stereocenters. The lowest BCUT2D eigenvalue weighted by molar-refractivity contribution is -0.117. The molecule has 0 bridgehead atoms. The fourth-order valence-electron chi connectivity index (χ4n) is 4.23. The van der Waals surface area contributed by atoms with Crippen LogP contribution in [0.5, 0.6) is 0 Å². The molecule has 1 unspecified atom stereocenters. The van der Waals surface area contributed by atoms with Crippen LogP contribution in [0.15, 0.2) is 107 Å². The topological polar surface area (TPSA) is 71.1 Å². The van der Waals surface area contributed by atoms with E-state index in [1.807, 2.05) is 72.1 Å². The smallest absolute Gasteiger partial charge is 0.244 e. The molecule has 6 rings (SSSR count). The average Bonchev–Trinajstić information content (AvgIpc) is 3.71. The van der Waals surface area contributed by atoms with Crippen LogP contribution in [-0.4, -0.2) is 16.8 Å². The number of fused-ring (bicyclic) bond motifs is 1. The maximum absolute atomic E-state index is 13.5. The molecule has 1 aliphatic carbocycles. The van der Waals surface area contributed by atoms with Crippen LogP contribution in [0.1, 0.15) is 23.7 Å². The van der Waals surface area contributed by atoms with Gasteiger partial charge < -0.3 is 10.6 Å². The number of nitrogens with zero attached hydrogens (tertiary/aromatic N) is 1. The summed E-state index contributed by atoms with van der Waals surface area (Å²) in [6.07, 6.45) is 1.94. The van der Waals surface area contributed by atoms with Crippen molar-refractivity contribution in [3.63, 3.8) is 0 Å². The lowest BCUT2D eigenvalue weighted by Crippen LogP contribution is -2.19. The summed E-state index contributed by atoms with van der Waals surface area (Å²) in [7, 11) is 0. The number of hydrogen-bond acceptors (Lipinski definition) is 5. The molecular weight excluding hydrogens is 510 g/mol. The first-order valence-corrected chi connectivity index (χ1v) is 14.3. The van der Waals surface area contributed by atoms with Crippen molar-refractivity contribution < 1.29 is 9.59 Å². The number of nitrogens with one attached hydrogen (secondary N) is 2. The molecule has 4 aromatic carbocycles. The van der Waals surface area contributed by atoms with Gasteiger partial charge in [-0.05, 0) is 59.5 Å². The maximum Gasteiger partial charge on any atom is 0.244 e. The first-order valence-electron chi connectivity index (χ1n) is 12.5. The second-order valence-corrected chi connectivity index (χ2v) is 11.3. The van der Waals surface area contributed by atoms with Gasteiger partial charge in [0.25, 0.3) is 0 Å². The SMILES string of the molecule is O=C(Nc1ccc(SC(C(=O)Nc2nc(-c3ccc4ccccc4c3)cs2)c2ccccc2)cc1)C1CC1. The number of thioether (sulfide) groups is 1. The summed E-state index contributed by atoms with van der Waals surface area (Å²) in [5, 5.41) is 10.4. The van der Waals surface area contributed by atoms with Crippen molar-refractivity contribution in [1.82, 2.24) is 4.98 Å². The first-order chi connectivity index (χ1) is 18.6. The summed E-state index contributed by atoms with van der Waals surface area (Å²) in [5.41, 5.74) is 3.54. The van der Waals surface area contributed by atoms with Crippen LogP contribution >= 0.6 is 23.1 Å². The summed E-state index contributed by atoms with van der Waals surface area (Å²) < 4.78 is 0. The highest BCUT2D eigenvalue weighted by atomic mass is 32.2. The van der Waals surface area contributed by atoms with Gasteiger partial charge in [-0.1, -0.05) is 66.7 Å². The third kappa shape index (κ3) is 5.64. The standard InChI is InChI=1S/C31H25N3O2S2/c35-29(22-11-12-22)32-25-14-16-26(17-15-25)38-28(21-7-2-1-3-8-21)30(36)34-31-33-27(19-37-31)24-13-10-20-6-4-5-9-23(20)18-24/h1-10,13-19,22,28H,11-12H2,(H,32,35)(H,33,34,36). The summed E-state index contributed by atoms with van der Waals surface area (Å²) >= 11 is 2.89. The van der Waals surface area contributed by atoms with Crippen LogP contribution in [-0.2, 0) is 9.59 Å². The second-order valence-electron chi connectivity index (χ2n) is 9.29. The molecule has 38 heavy (non-hydrogen) atoms. The highest BCUT2D eigenvalue weighted by Gasteiger charge is 2.29. The number of carbonyl (C=O) groups is 2. The van der Waals surface area contributed by atoms with Crippen LogP contribution in [0.3, 0.4) is 0 Å². The number of carbonyl (C=O) groups excluding carboxylic acids is 2. The number of aromatic nitrogens is 1. The molecule has 5 nitrogen and oxygen atoms in total. The molecule has 0 saturated heterocycles. The van der Waals surface area contributed by atoms with Crippen LogP contribution in [0.4, 0.5) is 10.8 Å². The van der Waals surface area contributed by atoms with Crippen molar-refractivity contribution >= 4 is 56.5 Å². The number of amides is 2. The van der Waals surface area contributed by atoms with E-state index < -0.39 is 5.25 Å². The van der Waals surface area contributed by atoms with Crippen LogP contribution in [0.2, 0.25) is 0 Å². The van der Waals surface area contributed by atoms with Crippen molar-refractivity contribution in [2.75, 3.05) is 10.6 Å². The fraction of sp³-hybridized carbons (Fsp3) is 0.129. The maximum atomic E-state index is 13.5. The summed E-state index contributed by atoms with van der Waals surface area (Å²) in [4.78, 5) is 31.2. The predicted molar refractivity (Wildman–Crippen MR) is 157 cm³/mol. The molecule has 0 radical (unpaired) electrons. The molecule has 5 aromatic rings. The van der Waals surface area contributed by atoms with Gasteiger partial charge in [0.1, 0.15) is 5.25 Å². The quantitative estimate of drug-likeness (QED) is 0.199. The third-order valence-corrected chi connectivity index (χ3v) is 8.47. The van der Waals surface area contributed by atoms with E-state index in [9.17, 15) is 9.59 Å². The van der Waals surface area contributed by atoms with Crippen molar-refractivity contribution in [2.24, 2.45) is 5.92 Å². The van der Waals surface area contributed by atoms with Crippen molar-refractivity contribution in [2.45, 2.75) is 23.0 Å². The number of rotatable bonds is 8. The number of hydrogen-bond donors (Lipinski definition) is 2. The van der Waals surface area contributed by atoms with Gasteiger partial charge in [-0.3, -0.25) is 9.59 Å². The Morgan fingerprint density at radius 2 is 1.58 bits per heavy atom. The number of thiazole rings is 1. The van der Waals surface area contributed by atoms with Crippen LogP contribution in [0.25, 0.3) is 22.0 Å². The lowest BCUT2D eigenvalue weighted by atomic mass is 10.1. The van der Waals surface area contributed by atoms with E-state index in [2.05, 4.69) is 41.0 Å². The number of benzene rings is 4. The molecule has 0 spiro atoms. The molecule has 188 valence electrons. The van der Waals surface area contributed by atoms with E-state index in [0.717, 1.165) is 45.6 Å². The highest BCUT2D eigenvalue weighted by molar-refractivity contribution is 8.00. The van der Waals surface area contributed by atoms with Crippen molar-refractivity contribution in [1.29, 1.82) is 0 Å². The van der Waals surface area contributed by atoms with Gasteiger partial charge in [-0.25, -0.2) is 4.98 Å². The number of anilines is 2. The van der Waals surface area contributed by atoms with E-state index in [-0.39, 0.29) is 17.7 Å². The minimum absolute atomic E-state index is 0.0819. The van der Waals surface area contributed by atoms with Crippen molar-refractivity contribution in [3.05, 3.63) is 108 Å². The molecule has 1 aliphatic rings. The predicted octanol–water partition coefficient (Wildman–Crippen LogP) is 7.78. The summed E-state index contributed by atoms with van der Waals surface area (Å²) in [6.45, 7) is 0. The minimum atomic E-state index is -0.462. The highest BCUT2D eigenvalue weighted by Crippen LogP contribution is 2.38. The molecular formula is C31H25N3O2S2. The van der Waals surface area contributed by atoms with Gasteiger partial charge in [0.05, 0.1) is 5.69 Å². The van der Waals surface area contributed by atoms with Gasteiger partial charge in [0.2, 0.25) is 11.8 Å². The Morgan fingerprint density at radius 3 is 2.34 bits per heavy atom. The molecule has 1 aromatic heterocycles. The molecule has 1 saturated carbocycles. The van der Waals surface area contributed by atoms with E-state index in [0.29, 0.717) is 5.13 Å². The Bertz CT molecular complexity index is 1590. The van der Waals surface area contributed by atoms with E-state index in [1.165, 1.54) is 28.5 Å². The fourth-order valence-corrected chi connectivity index (χ4v) is 5.97. The zero-order chi connectivity index (χ0) is 25.9. The van der Waals surface area contributed by atoms with E-state index >= 15 is 0 Å². The molecule has 7 heteroatoms. The molecule has 2 N–H and O–H groups in total. The Hall–Kier alpha value is -3.94. The Kier molecular flexibility index (Phi) is 6.94. The molecule has 0 aliphatic heterocycles. The van der Waals surface area contributed by atoms with E-state index in [4.69, 9.17) is 4.98 Å². The Labute approximate surface area is 229 Å². The Morgan fingerprint density at radius 1 is 0.842 bits per heavy atom. The Balaban J connectivity index is 1.18. The molecule has 2 amide bonds. The minimum Gasteiger partial charge on any atom is -0.326 e. The van der Waals surface area contributed by atoms with E-state index in [1.54, 1.807) is 0 Å².